The fourth-order valence-corrected chi connectivity index (χ4v) is 1.37. The van der Waals surface area contributed by atoms with E-state index in [1.165, 1.54) is 0 Å². The van der Waals surface area contributed by atoms with Gasteiger partial charge in [-0.2, -0.15) is 0 Å². The lowest BCUT2D eigenvalue weighted by Gasteiger charge is -2.03. The second-order valence-corrected chi connectivity index (χ2v) is 2.85. The summed E-state index contributed by atoms with van der Waals surface area (Å²) in [5.74, 6) is 4.77. The van der Waals surface area contributed by atoms with E-state index in [9.17, 15) is 4.79 Å². The number of pyridine rings is 1. The predicted octanol–water partition coefficient (Wildman–Crippen LogP) is 0.838. The zero-order valence-electron chi connectivity index (χ0n) is 7.40. The average molecular weight is 187 g/mol. The number of rotatable bonds is 1. The summed E-state index contributed by atoms with van der Waals surface area (Å²) in [5, 5.41) is 0.804. The maximum Gasteiger partial charge on any atom is 0.265 e. The number of nitrogens with two attached hydrogens (primary N) is 1. The topological polar surface area (TPSA) is 68.0 Å². The first-order valence-electron chi connectivity index (χ1n) is 4.17. The zero-order chi connectivity index (χ0) is 9.97. The first-order chi connectivity index (χ1) is 6.83. The van der Waals surface area contributed by atoms with Crippen molar-refractivity contribution in [1.82, 2.24) is 10.4 Å². The van der Waals surface area contributed by atoms with Gasteiger partial charge in [-0.25, -0.2) is 5.84 Å². The average Bonchev–Trinajstić information content (AvgIpc) is 2.27. The molecule has 0 fully saturated rings. The second kappa shape index (κ2) is 3.43. The molecule has 1 aromatic heterocycles. The number of hydrogen-bond acceptors (Lipinski definition) is 3. The van der Waals surface area contributed by atoms with E-state index in [1.54, 1.807) is 12.3 Å². The van der Waals surface area contributed by atoms with Gasteiger partial charge in [-0.1, -0.05) is 18.2 Å². The number of nitrogens with zero attached hydrogens (tertiary/aromatic N) is 1. The van der Waals surface area contributed by atoms with E-state index in [0.717, 1.165) is 10.9 Å². The van der Waals surface area contributed by atoms with Gasteiger partial charge in [0.05, 0.1) is 11.1 Å². The van der Waals surface area contributed by atoms with Gasteiger partial charge >= 0.3 is 0 Å². The van der Waals surface area contributed by atoms with Crippen LogP contribution in [0.1, 0.15) is 10.4 Å². The number of amides is 1. The molecule has 0 radical (unpaired) electrons. The fourth-order valence-electron chi connectivity index (χ4n) is 1.37. The Bertz CT molecular complexity index is 476. The van der Waals surface area contributed by atoms with Gasteiger partial charge in [-0.15, -0.1) is 0 Å². The number of carbonyl (C=O) groups excluding carboxylic acids is 1. The van der Waals surface area contributed by atoms with Crippen LogP contribution in [-0.4, -0.2) is 10.9 Å². The molecule has 0 aliphatic heterocycles. The summed E-state index contributed by atoms with van der Waals surface area (Å²) in [6.45, 7) is 0. The lowest BCUT2D eigenvalue weighted by Crippen LogP contribution is -2.30. The quantitative estimate of drug-likeness (QED) is 0.395. The Hall–Kier alpha value is -1.94. The molecule has 0 atom stereocenters. The van der Waals surface area contributed by atoms with Crippen LogP contribution in [0.4, 0.5) is 0 Å². The molecule has 4 heteroatoms. The molecule has 1 aromatic carbocycles. The second-order valence-electron chi connectivity index (χ2n) is 2.85. The summed E-state index contributed by atoms with van der Waals surface area (Å²) in [4.78, 5) is 15.5. The Kier molecular flexibility index (Phi) is 2.12. The summed E-state index contributed by atoms with van der Waals surface area (Å²) < 4.78 is 0. The summed E-state index contributed by atoms with van der Waals surface area (Å²) in [6, 6.07) is 9.07. The number of fused-ring (bicyclic) bond motifs is 1. The third kappa shape index (κ3) is 1.31. The van der Waals surface area contributed by atoms with Crippen LogP contribution in [0.3, 0.4) is 0 Å². The highest BCUT2D eigenvalue weighted by atomic mass is 16.2. The first kappa shape index (κ1) is 8.65. The molecule has 2 rings (SSSR count). The van der Waals surface area contributed by atoms with Gasteiger partial charge in [0.25, 0.3) is 5.91 Å². The Morgan fingerprint density at radius 1 is 1.29 bits per heavy atom. The standard InChI is InChI=1S/C10H9N3O/c11-13-10(14)8-5-6-12-9-4-2-1-3-7(8)9/h1-6H,11H2,(H,13,14). The Labute approximate surface area is 80.7 Å². The van der Waals surface area contributed by atoms with Crippen molar-refractivity contribution in [2.75, 3.05) is 0 Å². The number of para-hydroxylation sites is 1. The van der Waals surface area contributed by atoms with Crippen LogP contribution in [0.15, 0.2) is 36.5 Å². The predicted molar refractivity (Wildman–Crippen MR) is 53.4 cm³/mol. The highest BCUT2D eigenvalue weighted by Gasteiger charge is 2.07. The van der Waals surface area contributed by atoms with Crippen LogP contribution in [0.25, 0.3) is 10.9 Å². The molecule has 4 nitrogen and oxygen atoms in total. The Balaban J connectivity index is 2.71. The molecule has 0 aliphatic rings. The molecule has 0 spiro atoms. The van der Waals surface area contributed by atoms with Crippen LogP contribution in [-0.2, 0) is 0 Å². The zero-order valence-corrected chi connectivity index (χ0v) is 7.40. The summed E-state index contributed by atoms with van der Waals surface area (Å²) in [5.41, 5.74) is 3.43. The molecule has 14 heavy (non-hydrogen) atoms. The highest BCUT2D eigenvalue weighted by Crippen LogP contribution is 2.15. The number of aromatic nitrogens is 1. The van der Waals surface area contributed by atoms with Crippen LogP contribution in [0, 0.1) is 0 Å². The molecular formula is C10H9N3O. The van der Waals surface area contributed by atoms with Gasteiger partial charge in [0.15, 0.2) is 0 Å². The largest absolute Gasteiger partial charge is 0.290 e. The van der Waals surface area contributed by atoms with Crippen LogP contribution in [0.5, 0.6) is 0 Å². The first-order valence-corrected chi connectivity index (χ1v) is 4.17. The molecule has 3 N–H and O–H groups in total. The van der Waals surface area contributed by atoms with E-state index < -0.39 is 0 Å². The third-order valence-electron chi connectivity index (χ3n) is 2.02. The maximum atomic E-state index is 11.4. The number of nitrogen functional groups attached to an aromatic ring is 1. The van der Waals surface area contributed by atoms with Gasteiger partial charge in [-0.05, 0) is 12.1 Å². The van der Waals surface area contributed by atoms with Crippen molar-refractivity contribution in [2.45, 2.75) is 0 Å². The van der Waals surface area contributed by atoms with Crippen molar-refractivity contribution in [1.29, 1.82) is 0 Å². The third-order valence-corrected chi connectivity index (χ3v) is 2.02. The van der Waals surface area contributed by atoms with Crippen LogP contribution < -0.4 is 11.3 Å². The number of hydrogen-bond donors (Lipinski definition) is 2. The summed E-state index contributed by atoms with van der Waals surface area (Å²) >= 11 is 0. The van der Waals surface area contributed by atoms with Crippen LogP contribution in [0.2, 0.25) is 0 Å². The van der Waals surface area contributed by atoms with E-state index in [2.05, 4.69) is 10.4 Å². The number of nitrogens with one attached hydrogen (secondary N) is 1. The molecule has 0 saturated carbocycles. The van der Waals surface area contributed by atoms with Crippen LogP contribution >= 0.6 is 0 Å². The molecule has 0 unspecified atom stereocenters. The minimum atomic E-state index is -0.302. The highest BCUT2D eigenvalue weighted by molar-refractivity contribution is 6.05. The van der Waals surface area contributed by atoms with Crippen molar-refractivity contribution in [3.05, 3.63) is 42.1 Å². The number of carbonyl (C=O) groups is 1. The fraction of sp³-hybridized carbons (Fsp3) is 0. The SMILES string of the molecule is NNC(=O)c1ccnc2ccccc12. The Morgan fingerprint density at radius 3 is 2.86 bits per heavy atom. The van der Waals surface area contributed by atoms with Gasteiger partial charge in [0.2, 0.25) is 0 Å². The van der Waals surface area contributed by atoms with Crippen molar-refractivity contribution in [3.63, 3.8) is 0 Å². The lowest BCUT2D eigenvalue weighted by molar-refractivity contribution is 0.0955. The van der Waals surface area contributed by atoms with Gasteiger partial charge in [0.1, 0.15) is 0 Å². The monoisotopic (exact) mass is 187 g/mol. The summed E-state index contributed by atoms with van der Waals surface area (Å²) in [6.07, 6.45) is 1.59. The van der Waals surface area contributed by atoms with Crippen molar-refractivity contribution >= 4 is 16.8 Å². The minimum absolute atomic E-state index is 0.302. The minimum Gasteiger partial charge on any atom is -0.290 e. The molecule has 0 aliphatic carbocycles. The van der Waals surface area contributed by atoms with Gasteiger partial charge in [-0.3, -0.25) is 15.2 Å². The van der Waals surface area contributed by atoms with E-state index >= 15 is 0 Å². The normalized spacial score (nSPS) is 10.1. The van der Waals surface area contributed by atoms with E-state index in [0.29, 0.717) is 5.56 Å². The van der Waals surface area contributed by atoms with E-state index in [-0.39, 0.29) is 5.91 Å². The lowest BCUT2D eigenvalue weighted by atomic mass is 10.1. The van der Waals surface area contributed by atoms with Crippen molar-refractivity contribution < 1.29 is 4.79 Å². The Morgan fingerprint density at radius 2 is 2.07 bits per heavy atom. The van der Waals surface area contributed by atoms with Gasteiger partial charge < -0.3 is 0 Å². The van der Waals surface area contributed by atoms with Crippen molar-refractivity contribution in [3.8, 4) is 0 Å². The van der Waals surface area contributed by atoms with E-state index in [4.69, 9.17) is 5.84 Å². The molecular weight excluding hydrogens is 178 g/mol. The van der Waals surface area contributed by atoms with E-state index in [1.807, 2.05) is 24.3 Å². The molecule has 0 bridgehead atoms. The van der Waals surface area contributed by atoms with Gasteiger partial charge in [0, 0.05) is 11.6 Å². The number of hydrazine groups is 1. The smallest absolute Gasteiger partial charge is 0.265 e. The molecule has 1 amide bonds. The molecule has 2 aromatic rings. The number of benzene rings is 1. The molecule has 70 valence electrons. The maximum absolute atomic E-state index is 11.4. The molecule has 0 saturated heterocycles. The summed E-state index contributed by atoms with van der Waals surface area (Å²) in [7, 11) is 0. The molecule has 1 heterocycles. The van der Waals surface area contributed by atoms with Crippen molar-refractivity contribution in [2.24, 2.45) is 5.84 Å².